The largest absolute Gasteiger partial charge is 0.318 e. The van der Waals surface area contributed by atoms with E-state index in [1.54, 1.807) is 19.2 Å². The SMILES string of the molecule is Cc1ccc(F)c(NC(=O)c2nn(C)cc2Cl)c1. The Balaban J connectivity index is 2.26. The second kappa shape index (κ2) is 4.78. The molecule has 0 unspecified atom stereocenters. The minimum Gasteiger partial charge on any atom is -0.318 e. The normalized spacial score (nSPS) is 10.4. The Kier molecular flexibility index (Phi) is 3.34. The van der Waals surface area contributed by atoms with Crippen LogP contribution in [0.3, 0.4) is 0 Å². The molecule has 0 aliphatic carbocycles. The molecule has 0 radical (unpaired) electrons. The summed E-state index contributed by atoms with van der Waals surface area (Å²) in [5, 5.41) is 6.58. The molecule has 1 N–H and O–H groups in total. The number of rotatable bonds is 2. The third kappa shape index (κ3) is 2.51. The summed E-state index contributed by atoms with van der Waals surface area (Å²) in [6.07, 6.45) is 1.50. The number of amides is 1. The van der Waals surface area contributed by atoms with Crippen LogP contribution in [-0.4, -0.2) is 15.7 Å². The Morgan fingerprint density at radius 1 is 1.50 bits per heavy atom. The fourth-order valence-corrected chi connectivity index (χ4v) is 1.79. The van der Waals surface area contributed by atoms with Crippen molar-refractivity contribution < 1.29 is 9.18 Å². The molecule has 4 nitrogen and oxygen atoms in total. The molecule has 0 spiro atoms. The van der Waals surface area contributed by atoms with E-state index in [0.717, 1.165) is 5.56 Å². The lowest BCUT2D eigenvalue weighted by Gasteiger charge is -2.05. The topological polar surface area (TPSA) is 46.9 Å². The van der Waals surface area contributed by atoms with Crippen molar-refractivity contribution in [3.8, 4) is 0 Å². The summed E-state index contributed by atoms with van der Waals surface area (Å²) in [5.41, 5.74) is 1.03. The lowest BCUT2D eigenvalue weighted by atomic mass is 10.2. The number of aryl methyl sites for hydroxylation is 2. The third-order valence-corrected chi connectivity index (χ3v) is 2.65. The van der Waals surface area contributed by atoms with Gasteiger partial charge in [-0.05, 0) is 24.6 Å². The molecule has 0 fully saturated rings. The number of hydrogen-bond donors (Lipinski definition) is 1. The van der Waals surface area contributed by atoms with Crippen LogP contribution in [0.25, 0.3) is 0 Å². The highest BCUT2D eigenvalue weighted by Crippen LogP contribution is 2.19. The van der Waals surface area contributed by atoms with Crippen LogP contribution in [0.1, 0.15) is 16.1 Å². The number of nitrogens with one attached hydrogen (secondary N) is 1. The Hall–Kier alpha value is -1.88. The van der Waals surface area contributed by atoms with Crippen molar-refractivity contribution >= 4 is 23.2 Å². The van der Waals surface area contributed by atoms with E-state index in [1.807, 2.05) is 6.92 Å². The molecule has 1 aromatic carbocycles. The second-order valence-electron chi connectivity index (χ2n) is 3.94. The Labute approximate surface area is 108 Å². The molecule has 0 bridgehead atoms. The highest BCUT2D eigenvalue weighted by molar-refractivity contribution is 6.34. The molecule has 0 aliphatic rings. The molecular weight excluding hydrogens is 257 g/mol. The molecule has 0 aliphatic heterocycles. The van der Waals surface area contributed by atoms with E-state index in [9.17, 15) is 9.18 Å². The third-order valence-electron chi connectivity index (χ3n) is 2.37. The van der Waals surface area contributed by atoms with Gasteiger partial charge in [-0.25, -0.2) is 4.39 Å². The van der Waals surface area contributed by atoms with Gasteiger partial charge in [-0.1, -0.05) is 17.7 Å². The van der Waals surface area contributed by atoms with Crippen molar-refractivity contribution in [1.82, 2.24) is 9.78 Å². The lowest BCUT2D eigenvalue weighted by molar-refractivity contribution is 0.102. The maximum atomic E-state index is 13.5. The minimum absolute atomic E-state index is 0.0695. The van der Waals surface area contributed by atoms with Crippen molar-refractivity contribution in [2.45, 2.75) is 6.92 Å². The van der Waals surface area contributed by atoms with Gasteiger partial charge >= 0.3 is 0 Å². The van der Waals surface area contributed by atoms with Crippen LogP contribution in [0.2, 0.25) is 5.02 Å². The summed E-state index contributed by atoms with van der Waals surface area (Å²) in [5.74, 6) is -1.04. The number of benzene rings is 1. The summed E-state index contributed by atoms with van der Waals surface area (Å²) in [7, 11) is 1.65. The minimum atomic E-state index is -0.537. The molecule has 6 heteroatoms. The van der Waals surface area contributed by atoms with Crippen LogP contribution in [0.5, 0.6) is 0 Å². The van der Waals surface area contributed by atoms with Crippen LogP contribution >= 0.6 is 11.6 Å². The average Bonchev–Trinajstić information content (AvgIpc) is 2.63. The predicted octanol–water partition coefficient (Wildman–Crippen LogP) is 2.77. The van der Waals surface area contributed by atoms with Gasteiger partial charge in [0.05, 0.1) is 10.7 Å². The van der Waals surface area contributed by atoms with Crippen LogP contribution in [0.4, 0.5) is 10.1 Å². The molecule has 0 saturated carbocycles. The number of hydrogen-bond acceptors (Lipinski definition) is 2. The van der Waals surface area contributed by atoms with E-state index in [0.29, 0.717) is 0 Å². The average molecular weight is 268 g/mol. The van der Waals surface area contributed by atoms with Crippen LogP contribution in [0, 0.1) is 12.7 Å². The molecule has 2 aromatic rings. The number of carbonyl (C=O) groups excluding carboxylic acids is 1. The zero-order valence-corrected chi connectivity index (χ0v) is 10.6. The first kappa shape index (κ1) is 12.6. The quantitative estimate of drug-likeness (QED) is 0.909. The van der Waals surface area contributed by atoms with Crippen molar-refractivity contribution in [1.29, 1.82) is 0 Å². The smallest absolute Gasteiger partial charge is 0.277 e. The molecule has 1 aromatic heterocycles. The van der Waals surface area contributed by atoms with E-state index in [-0.39, 0.29) is 16.4 Å². The Morgan fingerprint density at radius 2 is 2.22 bits per heavy atom. The first-order valence-electron chi connectivity index (χ1n) is 5.24. The standard InChI is InChI=1S/C12H11ClFN3O/c1-7-3-4-9(14)10(5-7)15-12(18)11-8(13)6-17(2)16-11/h3-6H,1-2H3,(H,15,18). The lowest BCUT2D eigenvalue weighted by Crippen LogP contribution is -2.14. The highest BCUT2D eigenvalue weighted by atomic mass is 35.5. The maximum Gasteiger partial charge on any atom is 0.277 e. The fraction of sp³-hybridized carbons (Fsp3) is 0.167. The highest BCUT2D eigenvalue weighted by Gasteiger charge is 2.16. The van der Waals surface area contributed by atoms with Gasteiger partial charge < -0.3 is 5.32 Å². The summed E-state index contributed by atoms with van der Waals surface area (Å²) in [6.45, 7) is 1.81. The number of anilines is 1. The summed E-state index contributed by atoms with van der Waals surface area (Å²) in [4.78, 5) is 11.9. The van der Waals surface area contributed by atoms with Crippen LogP contribution in [0.15, 0.2) is 24.4 Å². The van der Waals surface area contributed by atoms with Crippen molar-refractivity contribution in [3.63, 3.8) is 0 Å². The first-order valence-corrected chi connectivity index (χ1v) is 5.62. The van der Waals surface area contributed by atoms with E-state index < -0.39 is 11.7 Å². The van der Waals surface area contributed by atoms with Gasteiger partial charge in [0.1, 0.15) is 5.82 Å². The van der Waals surface area contributed by atoms with E-state index in [4.69, 9.17) is 11.6 Å². The zero-order chi connectivity index (χ0) is 13.3. The molecular formula is C12H11ClFN3O. The molecule has 1 amide bonds. The van der Waals surface area contributed by atoms with Gasteiger partial charge in [-0.2, -0.15) is 5.10 Å². The molecule has 0 saturated heterocycles. The Morgan fingerprint density at radius 3 is 2.83 bits per heavy atom. The van der Waals surface area contributed by atoms with Gasteiger partial charge in [0.2, 0.25) is 0 Å². The van der Waals surface area contributed by atoms with Gasteiger partial charge in [0, 0.05) is 13.2 Å². The second-order valence-corrected chi connectivity index (χ2v) is 4.34. The monoisotopic (exact) mass is 267 g/mol. The number of nitrogens with zero attached hydrogens (tertiary/aromatic N) is 2. The van der Waals surface area contributed by atoms with Gasteiger partial charge in [0.25, 0.3) is 5.91 Å². The molecule has 94 valence electrons. The Bertz CT molecular complexity index is 609. The van der Waals surface area contributed by atoms with Crippen molar-refractivity contribution in [2.24, 2.45) is 7.05 Å². The number of halogens is 2. The number of carbonyl (C=O) groups is 1. The van der Waals surface area contributed by atoms with E-state index in [2.05, 4.69) is 10.4 Å². The molecule has 18 heavy (non-hydrogen) atoms. The summed E-state index contributed by atoms with van der Waals surface area (Å²) in [6, 6.07) is 4.47. The first-order chi connectivity index (χ1) is 8.47. The van der Waals surface area contributed by atoms with Gasteiger partial charge in [0.15, 0.2) is 5.69 Å². The van der Waals surface area contributed by atoms with Crippen molar-refractivity contribution in [3.05, 3.63) is 46.5 Å². The van der Waals surface area contributed by atoms with E-state index >= 15 is 0 Å². The summed E-state index contributed by atoms with van der Waals surface area (Å²) < 4.78 is 14.9. The van der Waals surface area contributed by atoms with Crippen molar-refractivity contribution in [2.75, 3.05) is 5.32 Å². The van der Waals surface area contributed by atoms with E-state index in [1.165, 1.54) is 16.9 Å². The van der Waals surface area contributed by atoms with Crippen LogP contribution in [-0.2, 0) is 7.05 Å². The molecule has 2 rings (SSSR count). The van der Waals surface area contributed by atoms with Crippen LogP contribution < -0.4 is 5.32 Å². The molecule has 1 heterocycles. The number of aromatic nitrogens is 2. The zero-order valence-electron chi connectivity index (χ0n) is 9.87. The maximum absolute atomic E-state index is 13.5. The summed E-state index contributed by atoms with van der Waals surface area (Å²) >= 11 is 5.84. The van der Waals surface area contributed by atoms with Gasteiger partial charge in [-0.3, -0.25) is 9.48 Å². The van der Waals surface area contributed by atoms with Gasteiger partial charge in [-0.15, -0.1) is 0 Å². The molecule has 0 atom stereocenters. The fourth-order valence-electron chi connectivity index (χ4n) is 1.53. The predicted molar refractivity (Wildman–Crippen MR) is 67.3 cm³/mol.